The summed E-state index contributed by atoms with van der Waals surface area (Å²) in [5.41, 5.74) is 11.0. The second-order valence-corrected chi connectivity index (χ2v) is 18.7. The standard InChI is InChI=1S/C31H30N6O2.C29H25N5O3/c1-19(2)34-31-32-17-23(18-33-31)22-12-15-25-26(16-22)36-29(38)27(25)28(20-8-6-5-7-9-20)35-24-13-10-21(11-14-24)30(39)37(3)4;1-17(2)32-29-30-15-21(16-31-29)20-10-13-23-24(14-20)34-27(35)25(23)26(18-6-4-3-5-7-18)33-22-11-8-19(9-12-22)28(36)37/h5-19,36,38H,1-4H3,(H,32,33,34);3-17,34-35H,1-2H3,(H,36,37)(H,30,31,32). The van der Waals surface area contributed by atoms with Crippen LogP contribution in [0.3, 0.4) is 0 Å². The third-order valence-corrected chi connectivity index (χ3v) is 12.0. The lowest BCUT2D eigenvalue weighted by molar-refractivity contribution is 0.0696. The van der Waals surface area contributed by atoms with Crippen molar-refractivity contribution >= 4 is 68.4 Å². The highest BCUT2D eigenvalue weighted by molar-refractivity contribution is 6.23. The van der Waals surface area contributed by atoms with Crippen molar-refractivity contribution in [2.24, 2.45) is 9.98 Å². The first-order chi connectivity index (χ1) is 36.7. The molecule has 10 rings (SSSR count). The first-order valence-corrected chi connectivity index (χ1v) is 24.5. The molecule has 4 heterocycles. The number of aromatic carboxylic acids is 1. The number of fused-ring (bicyclic) bond motifs is 2. The summed E-state index contributed by atoms with van der Waals surface area (Å²) >= 11 is 0. The number of aromatic amines is 2. The minimum atomic E-state index is -1.000. The number of hydrogen-bond donors (Lipinski definition) is 7. The van der Waals surface area contributed by atoms with Gasteiger partial charge in [0.25, 0.3) is 5.91 Å². The Morgan fingerprint density at radius 3 is 1.24 bits per heavy atom. The molecule has 0 aliphatic rings. The van der Waals surface area contributed by atoms with Crippen molar-refractivity contribution in [3.05, 3.63) is 204 Å². The quantitative estimate of drug-likeness (QED) is 0.0507. The Hall–Kier alpha value is -9.96. The topological polar surface area (TPSA) is 230 Å². The van der Waals surface area contributed by atoms with E-state index in [1.807, 2.05) is 137 Å². The fourth-order valence-electron chi connectivity index (χ4n) is 8.42. The van der Waals surface area contributed by atoms with Gasteiger partial charge in [-0.25, -0.2) is 34.7 Å². The number of carboxylic acid groups (broad SMARTS) is 1. The lowest BCUT2D eigenvalue weighted by Gasteiger charge is -2.11. The molecule has 6 aromatic carbocycles. The number of aromatic nitrogens is 6. The Morgan fingerprint density at radius 2 is 0.882 bits per heavy atom. The number of aliphatic imine (C=N–C) groups is 2. The number of nitrogens with one attached hydrogen (secondary N) is 4. The molecule has 0 spiro atoms. The number of aromatic hydroxyl groups is 2. The lowest BCUT2D eigenvalue weighted by atomic mass is 9.99. The molecule has 10 aromatic rings. The van der Waals surface area contributed by atoms with Crippen LogP contribution in [-0.2, 0) is 0 Å². The van der Waals surface area contributed by atoms with Crippen LogP contribution in [-0.4, -0.2) is 99.6 Å². The van der Waals surface area contributed by atoms with Crippen LogP contribution in [0.25, 0.3) is 44.1 Å². The number of amides is 1. The summed E-state index contributed by atoms with van der Waals surface area (Å²) in [5.74, 6) is 0.0916. The molecule has 76 heavy (non-hydrogen) atoms. The van der Waals surface area contributed by atoms with E-state index < -0.39 is 5.97 Å². The van der Waals surface area contributed by atoms with Crippen molar-refractivity contribution in [1.82, 2.24) is 34.8 Å². The summed E-state index contributed by atoms with van der Waals surface area (Å²) in [6.45, 7) is 8.13. The third-order valence-electron chi connectivity index (χ3n) is 12.0. The zero-order valence-corrected chi connectivity index (χ0v) is 42.6. The highest BCUT2D eigenvalue weighted by Gasteiger charge is 2.22. The molecule has 0 aliphatic heterocycles. The molecule has 1 amide bonds. The molecule has 4 aromatic heterocycles. The summed E-state index contributed by atoms with van der Waals surface area (Å²) in [6, 6.07) is 44.9. The number of H-pyrrole nitrogens is 2. The van der Waals surface area contributed by atoms with Gasteiger partial charge in [-0.15, -0.1) is 0 Å². The van der Waals surface area contributed by atoms with Gasteiger partial charge in [0, 0.05) is 101 Å². The van der Waals surface area contributed by atoms with Gasteiger partial charge in [0.05, 0.1) is 39.5 Å². The van der Waals surface area contributed by atoms with E-state index in [0.717, 1.165) is 55.2 Å². The maximum absolute atomic E-state index is 12.3. The molecule has 380 valence electrons. The van der Waals surface area contributed by atoms with Gasteiger partial charge in [-0.2, -0.15) is 0 Å². The number of hydrogen-bond acceptors (Lipinski definition) is 12. The van der Waals surface area contributed by atoms with Crippen LogP contribution in [0.1, 0.15) is 70.7 Å². The highest BCUT2D eigenvalue weighted by Crippen LogP contribution is 2.36. The second-order valence-electron chi connectivity index (χ2n) is 18.7. The van der Waals surface area contributed by atoms with Crippen LogP contribution in [0.15, 0.2) is 180 Å². The van der Waals surface area contributed by atoms with Crippen LogP contribution < -0.4 is 10.6 Å². The summed E-state index contributed by atoms with van der Waals surface area (Å²) in [6.07, 6.45) is 7.09. The largest absolute Gasteiger partial charge is 0.494 e. The van der Waals surface area contributed by atoms with Gasteiger partial charge in [0.15, 0.2) is 11.8 Å². The van der Waals surface area contributed by atoms with Gasteiger partial charge in [0.2, 0.25) is 11.9 Å². The molecule has 0 bridgehead atoms. The number of rotatable bonds is 14. The summed E-state index contributed by atoms with van der Waals surface area (Å²) in [5, 5.41) is 39.3. The molecule has 0 radical (unpaired) electrons. The Bertz CT molecular complexity index is 3720. The van der Waals surface area contributed by atoms with Gasteiger partial charge in [-0.05, 0) is 99.5 Å². The van der Waals surface area contributed by atoms with Crippen LogP contribution in [0.5, 0.6) is 11.8 Å². The fourth-order valence-corrected chi connectivity index (χ4v) is 8.42. The SMILES string of the molecule is CC(C)Nc1ncc(-c2ccc3c(C(=Nc4ccc(C(=O)N(C)C)cc4)c4ccccc4)c(O)[nH]c3c2)cn1.CC(C)Nc1ncc(-c2ccc3c(C(=Nc4ccc(C(=O)O)cc4)c4ccccc4)c(O)[nH]c3c2)cn1. The molecule has 0 saturated heterocycles. The van der Waals surface area contributed by atoms with Gasteiger partial charge in [-0.1, -0.05) is 84.9 Å². The third kappa shape index (κ3) is 11.6. The smallest absolute Gasteiger partial charge is 0.335 e. The molecule has 16 heteroatoms. The first kappa shape index (κ1) is 51.0. The monoisotopic (exact) mass is 1010 g/mol. The van der Waals surface area contributed by atoms with E-state index in [2.05, 4.69) is 40.5 Å². The second kappa shape index (κ2) is 22.4. The molecular weight excluding hydrogens is 955 g/mol. The van der Waals surface area contributed by atoms with Crippen molar-refractivity contribution in [2.75, 3.05) is 24.7 Å². The lowest BCUT2D eigenvalue weighted by Crippen LogP contribution is -2.21. The van der Waals surface area contributed by atoms with Gasteiger partial charge >= 0.3 is 5.97 Å². The van der Waals surface area contributed by atoms with Crippen molar-refractivity contribution in [3.8, 4) is 34.0 Å². The first-order valence-electron chi connectivity index (χ1n) is 24.5. The van der Waals surface area contributed by atoms with Crippen LogP contribution in [0.2, 0.25) is 0 Å². The van der Waals surface area contributed by atoms with Gasteiger partial charge in [-0.3, -0.25) is 4.79 Å². The van der Waals surface area contributed by atoms with E-state index in [1.54, 1.807) is 63.1 Å². The molecule has 0 atom stereocenters. The number of benzene rings is 6. The van der Waals surface area contributed by atoms with E-state index in [-0.39, 0.29) is 35.3 Å². The summed E-state index contributed by atoms with van der Waals surface area (Å²) < 4.78 is 0. The molecule has 0 fully saturated rings. The summed E-state index contributed by atoms with van der Waals surface area (Å²) in [4.78, 5) is 58.6. The van der Waals surface area contributed by atoms with Crippen molar-refractivity contribution < 1.29 is 24.9 Å². The number of carbonyl (C=O) groups excluding carboxylic acids is 1. The van der Waals surface area contributed by atoms with E-state index in [4.69, 9.17) is 9.98 Å². The number of carbonyl (C=O) groups is 2. The molecule has 0 aliphatic carbocycles. The van der Waals surface area contributed by atoms with E-state index in [9.17, 15) is 24.9 Å². The number of nitrogens with zero attached hydrogens (tertiary/aromatic N) is 7. The Kier molecular flexibility index (Phi) is 15.0. The van der Waals surface area contributed by atoms with Crippen LogP contribution in [0, 0.1) is 0 Å². The average molecular weight is 1010 g/mol. The highest BCUT2D eigenvalue weighted by atomic mass is 16.4. The maximum Gasteiger partial charge on any atom is 0.335 e. The predicted octanol–water partition coefficient (Wildman–Crippen LogP) is 12.0. The summed E-state index contributed by atoms with van der Waals surface area (Å²) in [7, 11) is 3.44. The average Bonchev–Trinajstić information content (AvgIpc) is 3.95. The van der Waals surface area contributed by atoms with Crippen LogP contribution in [0.4, 0.5) is 23.3 Å². The van der Waals surface area contributed by atoms with Gasteiger partial charge < -0.3 is 40.8 Å². The van der Waals surface area contributed by atoms with Crippen molar-refractivity contribution in [3.63, 3.8) is 0 Å². The minimum absolute atomic E-state index is 0.00959. The molecule has 16 nitrogen and oxygen atoms in total. The van der Waals surface area contributed by atoms with Crippen molar-refractivity contribution in [2.45, 2.75) is 39.8 Å². The molecule has 0 unspecified atom stereocenters. The predicted molar refractivity (Wildman–Crippen MR) is 301 cm³/mol. The van der Waals surface area contributed by atoms with E-state index in [0.29, 0.717) is 51.4 Å². The zero-order chi connectivity index (χ0) is 53.5. The Labute approximate surface area is 438 Å². The Balaban J connectivity index is 0.000000186. The fraction of sp³-hybridized carbons (Fsp3) is 0.133. The van der Waals surface area contributed by atoms with E-state index in [1.165, 1.54) is 17.0 Å². The number of anilines is 2. The normalized spacial score (nSPS) is 11.7. The molecular formula is C60H55N11O5. The zero-order valence-electron chi connectivity index (χ0n) is 42.6. The van der Waals surface area contributed by atoms with Crippen LogP contribution >= 0.6 is 0 Å². The van der Waals surface area contributed by atoms with E-state index >= 15 is 0 Å². The number of carboxylic acids is 1. The molecule has 0 saturated carbocycles. The molecule has 7 N–H and O–H groups in total. The Morgan fingerprint density at radius 1 is 0.500 bits per heavy atom. The van der Waals surface area contributed by atoms with Crippen molar-refractivity contribution in [1.29, 1.82) is 0 Å². The maximum atomic E-state index is 12.3. The van der Waals surface area contributed by atoms with Gasteiger partial charge in [0.1, 0.15) is 0 Å². The minimum Gasteiger partial charge on any atom is -0.494 e.